The average molecular weight is 401 g/mol. The zero-order chi connectivity index (χ0) is 20.1. The Morgan fingerprint density at radius 3 is 2.54 bits per heavy atom. The molecule has 1 aromatic carbocycles. The van der Waals surface area contributed by atoms with E-state index in [-0.39, 0.29) is 17.1 Å². The minimum atomic E-state index is -1.06. The molecule has 1 N–H and O–H groups in total. The first kappa shape index (κ1) is 19.9. The lowest BCUT2D eigenvalue weighted by Gasteiger charge is -2.23. The summed E-state index contributed by atoms with van der Waals surface area (Å²) in [6, 6.07) is 9.07. The van der Waals surface area contributed by atoms with Crippen molar-refractivity contribution in [2.45, 2.75) is 30.6 Å². The van der Waals surface area contributed by atoms with Gasteiger partial charge in [0.05, 0.1) is 17.1 Å². The predicted molar refractivity (Wildman–Crippen MR) is 102 cm³/mol. The number of carboxylic acids is 1. The van der Waals surface area contributed by atoms with E-state index in [2.05, 4.69) is 0 Å². The molecule has 0 saturated carbocycles. The Morgan fingerprint density at radius 2 is 1.89 bits per heavy atom. The lowest BCUT2D eigenvalue weighted by atomic mass is 10.1. The molecule has 0 radical (unpaired) electrons. The van der Waals surface area contributed by atoms with Gasteiger partial charge in [-0.3, -0.25) is 14.4 Å². The maximum Gasteiger partial charge on any atom is 0.326 e. The van der Waals surface area contributed by atoms with Crippen LogP contribution in [0.2, 0.25) is 0 Å². The van der Waals surface area contributed by atoms with Crippen molar-refractivity contribution >= 4 is 34.5 Å². The van der Waals surface area contributed by atoms with Gasteiger partial charge in [-0.15, -0.1) is 0 Å². The summed E-state index contributed by atoms with van der Waals surface area (Å²) in [5.41, 5.74) is 0.692. The van der Waals surface area contributed by atoms with E-state index in [1.807, 2.05) is 0 Å². The minimum absolute atomic E-state index is 0.253. The van der Waals surface area contributed by atoms with E-state index >= 15 is 0 Å². The van der Waals surface area contributed by atoms with Crippen molar-refractivity contribution in [2.24, 2.45) is 0 Å². The first-order valence-electron chi connectivity index (χ1n) is 8.82. The topological polar surface area (TPSA) is 105 Å². The number of rotatable bonds is 7. The molecule has 1 amide bonds. The number of carboxylic acid groups (broad SMARTS) is 1. The first-order valence-corrected chi connectivity index (χ1v) is 9.70. The SMILES string of the molecule is O=C(SC(CC(=O)N1CCC[C@H]1C(=O)O)C(=O)c1ccoc1)c1ccccc1. The molecule has 1 unspecified atom stereocenters. The number of carbonyl (C=O) groups excluding carboxylic acids is 3. The summed E-state index contributed by atoms with van der Waals surface area (Å²) in [6.07, 6.45) is 3.34. The second kappa shape index (κ2) is 8.88. The van der Waals surface area contributed by atoms with Crippen LogP contribution in [0.3, 0.4) is 0 Å². The molecule has 0 spiro atoms. The van der Waals surface area contributed by atoms with E-state index in [0.29, 0.717) is 24.9 Å². The number of hydrogen-bond acceptors (Lipinski definition) is 6. The highest BCUT2D eigenvalue weighted by molar-refractivity contribution is 8.15. The predicted octanol–water partition coefficient (Wildman–Crippen LogP) is 2.87. The molecule has 146 valence electrons. The van der Waals surface area contributed by atoms with Crippen LogP contribution in [0.15, 0.2) is 53.3 Å². The molecular formula is C20H19NO6S. The lowest BCUT2D eigenvalue weighted by molar-refractivity contribution is -0.148. The molecule has 2 heterocycles. The van der Waals surface area contributed by atoms with Gasteiger partial charge in [0.1, 0.15) is 12.3 Å². The molecule has 7 nitrogen and oxygen atoms in total. The number of nitrogens with zero attached hydrogens (tertiary/aromatic N) is 1. The lowest BCUT2D eigenvalue weighted by Crippen LogP contribution is -2.42. The maximum absolute atomic E-state index is 12.8. The van der Waals surface area contributed by atoms with E-state index in [9.17, 15) is 24.3 Å². The summed E-state index contributed by atoms with van der Waals surface area (Å²) in [5.74, 6) is -1.90. The molecule has 1 aromatic heterocycles. The van der Waals surface area contributed by atoms with Crippen LogP contribution in [-0.4, -0.2) is 50.6 Å². The summed E-state index contributed by atoms with van der Waals surface area (Å²) in [5, 5.41) is 8.00. The molecule has 2 atom stereocenters. The quantitative estimate of drug-likeness (QED) is 0.711. The maximum atomic E-state index is 12.8. The number of thioether (sulfide) groups is 1. The molecule has 0 aliphatic carbocycles. The van der Waals surface area contributed by atoms with Crippen LogP contribution in [-0.2, 0) is 9.59 Å². The zero-order valence-electron chi connectivity index (χ0n) is 14.9. The van der Waals surface area contributed by atoms with Crippen LogP contribution < -0.4 is 0 Å². The molecule has 28 heavy (non-hydrogen) atoms. The third-order valence-electron chi connectivity index (χ3n) is 4.58. The number of aliphatic carboxylic acids is 1. The molecule has 8 heteroatoms. The zero-order valence-corrected chi connectivity index (χ0v) is 15.8. The van der Waals surface area contributed by atoms with Gasteiger partial charge in [0.15, 0.2) is 5.78 Å². The van der Waals surface area contributed by atoms with Crippen LogP contribution in [0.5, 0.6) is 0 Å². The number of likely N-dealkylation sites (tertiary alicyclic amines) is 1. The molecule has 3 rings (SSSR count). The fourth-order valence-electron chi connectivity index (χ4n) is 3.15. The van der Waals surface area contributed by atoms with Crippen LogP contribution >= 0.6 is 11.8 Å². The van der Waals surface area contributed by atoms with Gasteiger partial charge in [0.25, 0.3) is 0 Å². The van der Waals surface area contributed by atoms with Crippen LogP contribution in [0.4, 0.5) is 0 Å². The number of hydrogen-bond donors (Lipinski definition) is 1. The standard InChI is InChI=1S/C20H19NO6S/c22-17(21-9-4-7-15(21)19(24)25)11-16(18(23)14-8-10-27-12-14)28-20(26)13-5-2-1-3-6-13/h1-3,5-6,8,10,12,15-16H,4,7,9,11H2,(H,24,25)/t15-,16?/m0/s1. The molecule has 1 aliphatic heterocycles. The van der Waals surface area contributed by atoms with E-state index in [0.717, 1.165) is 11.8 Å². The summed E-state index contributed by atoms with van der Waals surface area (Å²) in [4.78, 5) is 50.8. The fraction of sp³-hybridized carbons (Fsp3) is 0.300. The highest BCUT2D eigenvalue weighted by Gasteiger charge is 2.36. The first-order chi connectivity index (χ1) is 13.5. The number of benzene rings is 1. The largest absolute Gasteiger partial charge is 0.480 e. The summed E-state index contributed by atoms with van der Waals surface area (Å²) in [6.45, 7) is 0.333. The number of furan rings is 1. The van der Waals surface area contributed by atoms with Crippen LogP contribution in [0.1, 0.15) is 40.0 Å². The Labute approximate surface area is 165 Å². The molecule has 1 saturated heterocycles. The van der Waals surface area contributed by atoms with Gasteiger partial charge >= 0.3 is 5.97 Å². The van der Waals surface area contributed by atoms with Gasteiger partial charge in [-0.1, -0.05) is 42.1 Å². The summed E-state index contributed by atoms with van der Waals surface area (Å²) < 4.78 is 4.94. The monoisotopic (exact) mass is 401 g/mol. The molecule has 0 bridgehead atoms. The Hall–Kier alpha value is -2.87. The smallest absolute Gasteiger partial charge is 0.326 e. The van der Waals surface area contributed by atoms with Crippen molar-refractivity contribution in [1.29, 1.82) is 0 Å². The van der Waals surface area contributed by atoms with Crippen molar-refractivity contribution < 1.29 is 28.7 Å². The number of ketones is 1. The molecule has 1 aliphatic rings. The molecular weight excluding hydrogens is 382 g/mol. The second-order valence-electron chi connectivity index (χ2n) is 6.42. The normalized spacial score (nSPS) is 17.3. The van der Waals surface area contributed by atoms with Gasteiger partial charge < -0.3 is 14.4 Å². The summed E-state index contributed by atoms with van der Waals surface area (Å²) in [7, 11) is 0. The third kappa shape index (κ3) is 4.51. The van der Waals surface area contributed by atoms with Gasteiger partial charge in [-0.05, 0) is 18.9 Å². The number of carbonyl (C=O) groups is 4. The average Bonchev–Trinajstić information content (AvgIpc) is 3.39. The van der Waals surface area contributed by atoms with E-state index < -0.39 is 29.0 Å². The Morgan fingerprint density at radius 1 is 1.14 bits per heavy atom. The number of amides is 1. The highest BCUT2D eigenvalue weighted by Crippen LogP contribution is 2.27. The van der Waals surface area contributed by atoms with E-state index in [4.69, 9.17) is 4.42 Å². The summed E-state index contributed by atoms with van der Waals surface area (Å²) >= 11 is 0.776. The van der Waals surface area contributed by atoms with Crippen molar-refractivity contribution in [2.75, 3.05) is 6.54 Å². The van der Waals surface area contributed by atoms with Crippen LogP contribution in [0.25, 0.3) is 0 Å². The van der Waals surface area contributed by atoms with E-state index in [1.54, 1.807) is 30.3 Å². The van der Waals surface area contributed by atoms with Crippen molar-refractivity contribution in [1.82, 2.24) is 4.90 Å². The van der Waals surface area contributed by atoms with Crippen molar-refractivity contribution in [3.05, 3.63) is 60.1 Å². The van der Waals surface area contributed by atoms with Gasteiger partial charge in [0, 0.05) is 18.5 Å². The number of Topliss-reactive ketones (excluding diaryl/α,β-unsaturated/α-hetero) is 1. The Bertz CT molecular complexity index is 864. The fourth-order valence-corrected chi connectivity index (χ4v) is 4.15. The molecule has 2 aromatic rings. The Kier molecular flexibility index (Phi) is 6.30. The third-order valence-corrected chi connectivity index (χ3v) is 5.69. The van der Waals surface area contributed by atoms with Gasteiger partial charge in [0.2, 0.25) is 11.0 Å². The minimum Gasteiger partial charge on any atom is -0.480 e. The Balaban J connectivity index is 1.78. The van der Waals surface area contributed by atoms with Gasteiger partial charge in [-0.25, -0.2) is 4.79 Å². The van der Waals surface area contributed by atoms with Gasteiger partial charge in [-0.2, -0.15) is 0 Å². The van der Waals surface area contributed by atoms with Crippen LogP contribution in [0, 0.1) is 0 Å². The van der Waals surface area contributed by atoms with E-state index in [1.165, 1.54) is 23.5 Å². The molecule has 1 fully saturated rings. The van der Waals surface area contributed by atoms with Crippen molar-refractivity contribution in [3.8, 4) is 0 Å². The van der Waals surface area contributed by atoms with Crippen molar-refractivity contribution in [3.63, 3.8) is 0 Å². The highest BCUT2D eigenvalue weighted by atomic mass is 32.2. The second-order valence-corrected chi connectivity index (χ2v) is 7.60.